The zero-order valence-electron chi connectivity index (χ0n) is 27.9. The minimum atomic E-state index is -0.661. The molecule has 1 fully saturated rings. The van der Waals surface area contributed by atoms with Crippen LogP contribution in [-0.4, -0.2) is 78.4 Å². The Morgan fingerprint density at radius 1 is 0.909 bits per heavy atom. The van der Waals surface area contributed by atoms with Crippen LogP contribution in [0.25, 0.3) is 0 Å². The number of rotatable bonds is 15. The number of benzene rings is 1. The number of carbonyl (C=O) groups is 4. The van der Waals surface area contributed by atoms with Gasteiger partial charge in [0.15, 0.2) is 0 Å². The number of amides is 2. The summed E-state index contributed by atoms with van der Waals surface area (Å²) in [6.45, 7) is 13.7. The molecule has 1 aliphatic heterocycles. The molecule has 1 aromatic rings. The third-order valence-electron chi connectivity index (χ3n) is 7.18. The molecule has 10 nitrogen and oxygen atoms in total. The molecule has 1 heterocycles. The number of unbranched alkanes of at least 4 members (excludes halogenated alkanes) is 4. The lowest BCUT2D eigenvalue weighted by molar-refractivity contribution is -0.159. The molecule has 0 aromatic heterocycles. The van der Waals surface area contributed by atoms with E-state index in [1.807, 2.05) is 51.1 Å². The summed E-state index contributed by atoms with van der Waals surface area (Å²) in [5, 5.41) is 6.09. The van der Waals surface area contributed by atoms with E-state index < -0.39 is 35.3 Å². The zero-order chi connectivity index (χ0) is 32.8. The summed E-state index contributed by atoms with van der Waals surface area (Å²) >= 11 is 0. The van der Waals surface area contributed by atoms with Crippen molar-refractivity contribution in [2.75, 3.05) is 26.2 Å². The fraction of sp³-hybridized carbons (Fsp3) is 0.706. The number of carbonyl (C=O) groups excluding carboxylic acids is 4. The maximum Gasteiger partial charge on any atom is 0.407 e. The Hall–Kier alpha value is -3.14. The molecule has 1 aromatic carbocycles. The lowest BCUT2D eigenvalue weighted by Gasteiger charge is -2.29. The first-order valence-electron chi connectivity index (χ1n) is 16.1. The predicted octanol–water partition coefficient (Wildman–Crippen LogP) is 5.49. The fourth-order valence-electron chi connectivity index (χ4n) is 5.25. The highest BCUT2D eigenvalue weighted by atomic mass is 16.6. The molecular weight excluding hydrogens is 562 g/mol. The van der Waals surface area contributed by atoms with Crippen LogP contribution in [0.2, 0.25) is 0 Å². The molecule has 10 heteroatoms. The van der Waals surface area contributed by atoms with Crippen molar-refractivity contribution in [1.29, 1.82) is 0 Å². The van der Waals surface area contributed by atoms with E-state index >= 15 is 0 Å². The van der Waals surface area contributed by atoms with Crippen LogP contribution in [0.3, 0.4) is 0 Å². The smallest absolute Gasteiger partial charge is 0.407 e. The molecule has 2 N–H and O–H groups in total. The maximum atomic E-state index is 13.8. The molecule has 0 spiro atoms. The lowest BCUT2D eigenvalue weighted by Crippen LogP contribution is -2.52. The van der Waals surface area contributed by atoms with E-state index in [-0.39, 0.29) is 30.9 Å². The number of hydrogen-bond acceptors (Lipinski definition) is 8. The number of likely N-dealkylation sites (tertiary alicyclic amines) is 1. The highest BCUT2D eigenvalue weighted by molar-refractivity contribution is 5.87. The van der Waals surface area contributed by atoms with E-state index in [0.29, 0.717) is 25.9 Å². The number of hydrogen-bond donors (Lipinski definition) is 2. The third kappa shape index (κ3) is 14.6. The Bertz CT molecular complexity index is 1050. The van der Waals surface area contributed by atoms with Crippen LogP contribution in [0.15, 0.2) is 30.3 Å². The number of alkyl carbamates (subject to hydrolysis) is 1. The summed E-state index contributed by atoms with van der Waals surface area (Å²) < 4.78 is 16.1. The van der Waals surface area contributed by atoms with Crippen LogP contribution < -0.4 is 10.6 Å². The molecule has 1 aliphatic rings. The second-order valence-electron chi connectivity index (χ2n) is 13.5. The highest BCUT2D eigenvalue weighted by Crippen LogP contribution is 2.28. The maximum absolute atomic E-state index is 13.8. The van der Waals surface area contributed by atoms with Gasteiger partial charge in [0.1, 0.15) is 23.8 Å². The zero-order valence-corrected chi connectivity index (χ0v) is 27.9. The Morgan fingerprint density at radius 2 is 1.55 bits per heavy atom. The van der Waals surface area contributed by atoms with Crippen LogP contribution in [0, 0.1) is 0 Å². The quantitative estimate of drug-likeness (QED) is 0.151. The molecule has 0 radical (unpaired) electrons. The van der Waals surface area contributed by atoms with Crippen molar-refractivity contribution in [3.63, 3.8) is 0 Å². The summed E-state index contributed by atoms with van der Waals surface area (Å²) in [6.07, 6.45) is 5.81. The van der Waals surface area contributed by atoms with Crippen molar-refractivity contribution in [3.05, 3.63) is 35.9 Å². The van der Waals surface area contributed by atoms with Crippen molar-refractivity contribution in [1.82, 2.24) is 15.5 Å². The summed E-state index contributed by atoms with van der Waals surface area (Å²) in [5.41, 5.74) is -0.0699. The molecule has 1 saturated heterocycles. The lowest BCUT2D eigenvalue weighted by atomic mass is 9.93. The van der Waals surface area contributed by atoms with Gasteiger partial charge in [-0.05, 0) is 79.7 Å². The van der Waals surface area contributed by atoms with Crippen molar-refractivity contribution >= 4 is 23.9 Å². The average molecular weight is 618 g/mol. The molecule has 1 unspecified atom stereocenters. The van der Waals surface area contributed by atoms with E-state index in [1.54, 1.807) is 32.6 Å². The molecule has 2 amide bonds. The Morgan fingerprint density at radius 3 is 2.18 bits per heavy atom. The molecule has 0 saturated carbocycles. The van der Waals surface area contributed by atoms with E-state index in [2.05, 4.69) is 10.6 Å². The van der Waals surface area contributed by atoms with Gasteiger partial charge in [0, 0.05) is 19.0 Å². The summed E-state index contributed by atoms with van der Waals surface area (Å²) in [6, 6.07) is 8.75. The van der Waals surface area contributed by atoms with Crippen LogP contribution in [0.4, 0.5) is 4.79 Å². The molecule has 44 heavy (non-hydrogen) atoms. The number of esters is 2. The van der Waals surface area contributed by atoms with E-state index in [1.165, 1.54) is 0 Å². The van der Waals surface area contributed by atoms with Gasteiger partial charge in [0.05, 0.1) is 12.6 Å². The highest BCUT2D eigenvalue weighted by Gasteiger charge is 2.36. The largest absolute Gasteiger partial charge is 0.465 e. The number of nitrogens with one attached hydrogen (secondary N) is 2. The number of ether oxygens (including phenoxy) is 3. The van der Waals surface area contributed by atoms with Crippen LogP contribution in [0.1, 0.15) is 111 Å². The van der Waals surface area contributed by atoms with E-state index in [9.17, 15) is 19.2 Å². The standard InChI is InChI=1S/C34H55N3O7/c1-8-42-31(40)28(19-15-10-9-11-16-22-35-32(41)44-34(5,6)7)36-27-21-20-26(25-17-13-12-14-18-25)23-37(30(27)39)24-29(38)43-33(2,3)4/h12-14,17-18,26-28,36H,8-11,15-16,19-24H2,1-7H3,(H,35,41)/t26-,27-,28?/m0/s1. The van der Waals surface area contributed by atoms with E-state index in [4.69, 9.17) is 14.2 Å². The monoisotopic (exact) mass is 617 g/mol. The second kappa shape index (κ2) is 18.0. The van der Waals surface area contributed by atoms with Crippen molar-refractivity contribution in [2.24, 2.45) is 0 Å². The Kier molecular flexibility index (Phi) is 15.1. The van der Waals surface area contributed by atoms with E-state index in [0.717, 1.165) is 44.1 Å². The van der Waals surface area contributed by atoms with Gasteiger partial charge < -0.3 is 24.4 Å². The minimum absolute atomic E-state index is 0.0558. The summed E-state index contributed by atoms with van der Waals surface area (Å²) in [5.74, 6) is -0.979. The average Bonchev–Trinajstić information content (AvgIpc) is 3.06. The second-order valence-corrected chi connectivity index (χ2v) is 13.5. The number of nitrogens with zero attached hydrogens (tertiary/aromatic N) is 1. The van der Waals surface area contributed by atoms with Crippen LogP contribution in [-0.2, 0) is 28.6 Å². The summed E-state index contributed by atoms with van der Waals surface area (Å²) in [4.78, 5) is 52.9. The van der Waals surface area contributed by atoms with Crippen molar-refractivity contribution < 1.29 is 33.4 Å². The van der Waals surface area contributed by atoms with Crippen LogP contribution in [0.5, 0.6) is 0 Å². The molecule has 2 rings (SSSR count). The van der Waals surface area contributed by atoms with Gasteiger partial charge in [0.2, 0.25) is 5.91 Å². The topological polar surface area (TPSA) is 123 Å². The normalized spacial score (nSPS) is 18.2. The van der Waals surface area contributed by atoms with Gasteiger partial charge in [-0.25, -0.2) is 4.79 Å². The molecule has 0 aliphatic carbocycles. The SMILES string of the molecule is CCOC(=O)C(CCCCCCCNC(=O)OC(C)(C)C)N[C@H]1CC[C@H](c2ccccc2)CN(CC(=O)OC(C)(C)C)C1=O. The van der Waals surface area contributed by atoms with Gasteiger partial charge in [-0.3, -0.25) is 19.7 Å². The molecular formula is C34H55N3O7. The van der Waals surface area contributed by atoms with Crippen molar-refractivity contribution in [2.45, 2.75) is 129 Å². The fourth-order valence-corrected chi connectivity index (χ4v) is 5.25. The Balaban J connectivity index is 1.99. The molecule has 3 atom stereocenters. The van der Waals surface area contributed by atoms with Gasteiger partial charge in [-0.2, -0.15) is 0 Å². The van der Waals surface area contributed by atoms with Crippen molar-refractivity contribution in [3.8, 4) is 0 Å². The predicted molar refractivity (Wildman–Crippen MR) is 170 cm³/mol. The first-order chi connectivity index (χ1) is 20.7. The molecule has 0 bridgehead atoms. The molecule has 248 valence electrons. The minimum Gasteiger partial charge on any atom is -0.465 e. The van der Waals surface area contributed by atoms with Gasteiger partial charge >= 0.3 is 18.0 Å². The first-order valence-corrected chi connectivity index (χ1v) is 16.1. The van der Waals surface area contributed by atoms with Gasteiger partial charge in [-0.1, -0.05) is 56.0 Å². The Labute approximate surface area is 263 Å². The van der Waals surface area contributed by atoms with Gasteiger partial charge in [-0.15, -0.1) is 0 Å². The van der Waals surface area contributed by atoms with Crippen LogP contribution >= 0.6 is 0 Å². The third-order valence-corrected chi connectivity index (χ3v) is 7.18. The van der Waals surface area contributed by atoms with Gasteiger partial charge in [0.25, 0.3) is 0 Å². The summed E-state index contributed by atoms with van der Waals surface area (Å²) in [7, 11) is 0. The first kappa shape index (κ1) is 37.0.